The van der Waals surface area contributed by atoms with Crippen LogP contribution >= 0.6 is 50.6 Å². The molecule has 0 heterocycles. The van der Waals surface area contributed by atoms with E-state index < -0.39 is 45.0 Å². The molecule has 1 aromatic carbocycles. The Kier molecular flexibility index (Phi) is 11.8. The molecule has 1 rings (SSSR count). The van der Waals surface area contributed by atoms with Gasteiger partial charge in [-0.05, 0) is 73.6 Å². The standard InChI is InChI=1S/C20H33Cl2NO6P2S/c1-12(2)26-30(24,27-13(3)4)20(31(25,28-14(5)6)29-15(7)8)19(32)23-16-9-10-17(21)18(22)11-16/h9-15,20H,1-8H3,(H,23,32). The molecule has 7 nitrogen and oxygen atoms in total. The van der Waals surface area contributed by atoms with E-state index in [9.17, 15) is 9.13 Å². The number of rotatable bonds is 12. The quantitative estimate of drug-likeness (QED) is 0.207. The summed E-state index contributed by atoms with van der Waals surface area (Å²) in [4.78, 5) is -0.0855. The molecule has 0 atom stereocenters. The first-order valence-corrected chi connectivity index (χ1v) is 14.7. The molecule has 0 unspecified atom stereocenters. The molecule has 0 fully saturated rings. The van der Waals surface area contributed by atoms with E-state index in [1.165, 1.54) is 0 Å². The van der Waals surface area contributed by atoms with Gasteiger partial charge in [-0.15, -0.1) is 0 Å². The molecule has 0 aliphatic carbocycles. The number of thiocarbonyl (C=S) groups is 1. The SMILES string of the molecule is CC(C)OP(=O)(OC(C)C)C(C(=S)Nc1ccc(Cl)c(Cl)c1)P(=O)(OC(C)C)OC(C)C. The molecule has 0 aromatic heterocycles. The van der Waals surface area contributed by atoms with Crippen LogP contribution in [-0.4, -0.2) is 34.8 Å². The Balaban J connectivity index is 3.64. The topological polar surface area (TPSA) is 83.1 Å². The summed E-state index contributed by atoms with van der Waals surface area (Å²) >= 11 is 17.7. The first-order chi connectivity index (χ1) is 14.6. The zero-order valence-electron chi connectivity index (χ0n) is 19.6. The smallest absolute Gasteiger partial charge is 0.349 e. The molecule has 0 saturated carbocycles. The molecule has 0 bridgehead atoms. The molecule has 0 aliphatic heterocycles. The van der Waals surface area contributed by atoms with Crippen LogP contribution in [0.2, 0.25) is 10.0 Å². The highest BCUT2D eigenvalue weighted by Crippen LogP contribution is 2.72. The van der Waals surface area contributed by atoms with Crippen LogP contribution in [0.5, 0.6) is 0 Å². The fourth-order valence-corrected chi connectivity index (χ4v) is 9.54. The van der Waals surface area contributed by atoms with Crippen molar-refractivity contribution in [3.8, 4) is 0 Å². The lowest BCUT2D eigenvalue weighted by molar-refractivity contribution is 0.127. The second-order valence-corrected chi connectivity index (χ2v) is 13.9. The van der Waals surface area contributed by atoms with E-state index >= 15 is 0 Å². The third-order valence-corrected chi connectivity index (χ3v) is 11.2. The molecular formula is C20H33Cl2NO6P2S. The van der Waals surface area contributed by atoms with Gasteiger partial charge in [0, 0.05) is 5.69 Å². The third kappa shape index (κ3) is 8.98. The van der Waals surface area contributed by atoms with E-state index in [2.05, 4.69) is 5.32 Å². The summed E-state index contributed by atoms with van der Waals surface area (Å²) in [5, 5.41) is 2.06. The molecule has 0 aliphatic rings. The van der Waals surface area contributed by atoms with E-state index in [4.69, 9.17) is 53.5 Å². The highest BCUT2D eigenvalue weighted by molar-refractivity contribution is 7.85. The number of hydrogen-bond acceptors (Lipinski definition) is 7. The van der Waals surface area contributed by atoms with Gasteiger partial charge in [0.25, 0.3) is 0 Å². The lowest BCUT2D eigenvalue weighted by atomic mass is 10.3. The number of hydrogen-bond donors (Lipinski definition) is 1. The van der Waals surface area contributed by atoms with Gasteiger partial charge in [0.05, 0.1) is 34.5 Å². The van der Waals surface area contributed by atoms with Crippen LogP contribution in [0.1, 0.15) is 55.4 Å². The molecular weight excluding hydrogens is 515 g/mol. The van der Waals surface area contributed by atoms with Crippen molar-refractivity contribution < 1.29 is 27.2 Å². The van der Waals surface area contributed by atoms with E-state index in [0.29, 0.717) is 10.7 Å². The highest BCUT2D eigenvalue weighted by atomic mass is 35.5. The molecule has 0 spiro atoms. The van der Waals surface area contributed by atoms with Gasteiger partial charge in [-0.25, -0.2) is 0 Å². The normalized spacial score (nSPS) is 13.1. The summed E-state index contributed by atoms with van der Waals surface area (Å²) in [6.07, 6.45) is -2.05. The Labute approximate surface area is 206 Å². The summed E-state index contributed by atoms with van der Waals surface area (Å²) in [5.74, 6) is 0. The average Bonchev–Trinajstić information content (AvgIpc) is 2.54. The molecule has 0 amide bonds. The second-order valence-electron chi connectivity index (χ2n) is 8.19. The summed E-state index contributed by atoms with van der Waals surface area (Å²) in [5.41, 5.74) is 0.454. The Morgan fingerprint density at radius 2 is 1.16 bits per heavy atom. The van der Waals surface area contributed by atoms with Gasteiger partial charge in [0.2, 0.25) is 5.40 Å². The zero-order chi connectivity index (χ0) is 24.9. The van der Waals surface area contributed by atoms with Crippen LogP contribution in [0, 0.1) is 0 Å². The molecule has 0 radical (unpaired) electrons. The summed E-state index contributed by atoms with van der Waals surface area (Å²) in [6.45, 7) is 13.6. The van der Waals surface area contributed by atoms with Gasteiger partial charge in [-0.1, -0.05) is 35.4 Å². The number of benzene rings is 1. The van der Waals surface area contributed by atoms with Crippen LogP contribution in [0.4, 0.5) is 5.69 Å². The van der Waals surface area contributed by atoms with Crippen LogP contribution in [0.3, 0.4) is 0 Å². The third-order valence-electron chi connectivity index (χ3n) is 3.45. The average molecular weight is 548 g/mol. The second kappa shape index (κ2) is 12.6. The monoisotopic (exact) mass is 547 g/mol. The number of anilines is 1. The van der Waals surface area contributed by atoms with Crippen molar-refractivity contribution in [1.82, 2.24) is 0 Å². The first kappa shape index (κ1) is 30.0. The van der Waals surface area contributed by atoms with Crippen molar-refractivity contribution in [2.45, 2.75) is 85.2 Å². The van der Waals surface area contributed by atoms with Crippen molar-refractivity contribution in [1.29, 1.82) is 0 Å². The fraction of sp³-hybridized carbons (Fsp3) is 0.650. The van der Waals surface area contributed by atoms with Gasteiger partial charge < -0.3 is 23.4 Å². The van der Waals surface area contributed by atoms with E-state index in [-0.39, 0.29) is 10.0 Å². The summed E-state index contributed by atoms with van der Waals surface area (Å²) < 4.78 is 51.3. The molecule has 0 saturated heterocycles. The van der Waals surface area contributed by atoms with Crippen LogP contribution in [0.15, 0.2) is 18.2 Å². The predicted octanol–water partition coefficient (Wildman–Crippen LogP) is 8.15. The van der Waals surface area contributed by atoms with E-state index in [0.717, 1.165) is 0 Å². The van der Waals surface area contributed by atoms with Crippen molar-refractivity contribution in [2.75, 3.05) is 5.32 Å². The molecule has 1 aromatic rings. The Hall–Kier alpha value is -0.0100. The van der Waals surface area contributed by atoms with Crippen molar-refractivity contribution in [2.24, 2.45) is 0 Å². The Bertz CT molecular complexity index is 816. The maximum absolute atomic E-state index is 14.1. The van der Waals surface area contributed by atoms with Crippen LogP contribution < -0.4 is 5.32 Å². The molecule has 184 valence electrons. The highest BCUT2D eigenvalue weighted by Gasteiger charge is 2.55. The molecule has 1 N–H and O–H groups in total. The van der Waals surface area contributed by atoms with Crippen LogP contribution in [0.25, 0.3) is 0 Å². The molecule has 12 heteroatoms. The van der Waals surface area contributed by atoms with E-state index in [1.54, 1.807) is 73.6 Å². The minimum absolute atomic E-state index is 0.0855. The zero-order valence-corrected chi connectivity index (χ0v) is 23.7. The first-order valence-electron chi connectivity index (χ1n) is 10.3. The molecule has 32 heavy (non-hydrogen) atoms. The largest absolute Gasteiger partial charge is 0.353 e. The minimum Gasteiger partial charge on any atom is -0.349 e. The van der Waals surface area contributed by atoms with Gasteiger partial charge in [-0.2, -0.15) is 0 Å². The Morgan fingerprint density at radius 1 is 0.781 bits per heavy atom. The van der Waals surface area contributed by atoms with E-state index in [1.807, 2.05) is 0 Å². The maximum atomic E-state index is 14.1. The number of nitrogens with one attached hydrogen (secondary N) is 1. The fourth-order valence-electron chi connectivity index (χ4n) is 2.70. The Morgan fingerprint density at radius 3 is 1.47 bits per heavy atom. The number of halogens is 2. The van der Waals surface area contributed by atoms with Gasteiger partial charge in [-0.3, -0.25) is 9.13 Å². The van der Waals surface area contributed by atoms with Crippen molar-refractivity contribution in [3.05, 3.63) is 28.2 Å². The maximum Gasteiger partial charge on any atom is 0.353 e. The summed E-state index contributed by atoms with van der Waals surface area (Å²) in [6, 6.07) is 4.75. The van der Waals surface area contributed by atoms with Gasteiger partial charge >= 0.3 is 15.2 Å². The summed E-state index contributed by atoms with van der Waals surface area (Å²) in [7, 11) is -8.33. The lowest BCUT2D eigenvalue weighted by Gasteiger charge is -2.35. The van der Waals surface area contributed by atoms with Crippen molar-refractivity contribution >= 4 is 61.3 Å². The van der Waals surface area contributed by atoms with Gasteiger partial charge in [0.15, 0.2) is 0 Å². The minimum atomic E-state index is -4.17. The van der Waals surface area contributed by atoms with Crippen LogP contribution in [-0.2, 0) is 27.2 Å². The van der Waals surface area contributed by atoms with Gasteiger partial charge in [0.1, 0.15) is 4.99 Å². The van der Waals surface area contributed by atoms with Crippen molar-refractivity contribution in [3.63, 3.8) is 0 Å². The lowest BCUT2D eigenvalue weighted by Crippen LogP contribution is -2.32. The predicted molar refractivity (Wildman–Crippen MR) is 137 cm³/mol.